The molecule has 4 nitrogen and oxygen atoms in total. The summed E-state index contributed by atoms with van der Waals surface area (Å²) in [6.45, 7) is 0. The fourth-order valence-corrected chi connectivity index (χ4v) is 1.10. The molecule has 0 bridgehead atoms. The minimum absolute atomic E-state index is 0.922. The van der Waals surface area contributed by atoms with E-state index >= 15 is 0 Å². The Kier molecular flexibility index (Phi) is 3.50. The van der Waals surface area contributed by atoms with Crippen molar-refractivity contribution in [1.82, 2.24) is 9.97 Å². The third-order valence-electron chi connectivity index (χ3n) is 1.85. The Morgan fingerprint density at radius 3 is 1.69 bits per heavy atom. The largest absolute Gasteiger partial charge is 0.264 e. The first-order chi connectivity index (χ1) is 7.95. The van der Waals surface area contributed by atoms with Gasteiger partial charge in [0.15, 0.2) is 0 Å². The van der Waals surface area contributed by atoms with Crippen LogP contribution < -0.4 is 0 Å². The first-order valence-electron chi connectivity index (χ1n) is 4.81. The van der Waals surface area contributed by atoms with Gasteiger partial charge in [-0.2, -0.15) is 10.2 Å². The lowest BCUT2D eigenvalue weighted by atomic mass is 10.3. The van der Waals surface area contributed by atoms with Crippen LogP contribution in [-0.4, -0.2) is 22.4 Å². The summed E-state index contributed by atoms with van der Waals surface area (Å²) >= 11 is 0. The van der Waals surface area contributed by atoms with Gasteiger partial charge in [-0.3, -0.25) is 9.97 Å². The maximum atomic E-state index is 3.97. The summed E-state index contributed by atoms with van der Waals surface area (Å²) in [4.78, 5) is 7.94. The van der Waals surface area contributed by atoms with Gasteiger partial charge >= 0.3 is 0 Å². The van der Waals surface area contributed by atoms with E-state index in [-0.39, 0.29) is 0 Å². The van der Waals surface area contributed by atoms with Gasteiger partial charge in [-0.25, -0.2) is 0 Å². The van der Waals surface area contributed by atoms with Gasteiger partial charge in [0.1, 0.15) is 0 Å². The maximum Gasteiger partial charge on any atom is 0.0583 e. The van der Waals surface area contributed by atoms with Crippen LogP contribution in [0.3, 0.4) is 0 Å². The Morgan fingerprint density at radius 2 is 1.31 bits per heavy atom. The van der Waals surface area contributed by atoms with E-state index in [2.05, 4.69) is 20.2 Å². The zero-order chi connectivity index (χ0) is 11.1. The van der Waals surface area contributed by atoms with E-state index in [0.29, 0.717) is 0 Å². The van der Waals surface area contributed by atoms with Crippen LogP contribution in [0.4, 0.5) is 0 Å². The van der Waals surface area contributed by atoms with Crippen LogP contribution in [0.2, 0.25) is 0 Å². The average molecular weight is 210 g/mol. The normalized spacial score (nSPS) is 11.2. The summed E-state index contributed by atoms with van der Waals surface area (Å²) in [5, 5.41) is 7.83. The predicted octanol–water partition coefficient (Wildman–Crippen LogP) is 1.93. The van der Waals surface area contributed by atoms with Crippen molar-refractivity contribution in [2.45, 2.75) is 0 Å². The summed E-state index contributed by atoms with van der Waals surface area (Å²) in [6.07, 6.45) is 10.2. The lowest BCUT2D eigenvalue weighted by Gasteiger charge is -1.88. The van der Waals surface area contributed by atoms with E-state index in [1.807, 2.05) is 24.3 Å². The summed E-state index contributed by atoms with van der Waals surface area (Å²) in [7, 11) is 0. The van der Waals surface area contributed by atoms with Gasteiger partial charge in [0.25, 0.3) is 0 Å². The Bertz CT molecular complexity index is 429. The lowest BCUT2D eigenvalue weighted by molar-refractivity contribution is 1.25. The highest BCUT2D eigenvalue weighted by Gasteiger charge is 1.84. The van der Waals surface area contributed by atoms with Gasteiger partial charge in [-0.15, -0.1) is 0 Å². The van der Waals surface area contributed by atoms with E-state index in [1.54, 1.807) is 37.2 Å². The van der Waals surface area contributed by atoms with Crippen LogP contribution in [-0.2, 0) is 0 Å². The van der Waals surface area contributed by atoms with Gasteiger partial charge in [0.2, 0.25) is 0 Å². The molecule has 2 aromatic heterocycles. The van der Waals surface area contributed by atoms with Crippen LogP contribution in [0.5, 0.6) is 0 Å². The van der Waals surface area contributed by atoms with Crippen LogP contribution >= 0.6 is 0 Å². The molecule has 0 atom stereocenters. The van der Waals surface area contributed by atoms with Crippen LogP contribution in [0.25, 0.3) is 0 Å². The first-order valence-corrected chi connectivity index (χ1v) is 4.81. The molecular formula is C12H10N4. The molecule has 0 aliphatic rings. The zero-order valence-corrected chi connectivity index (χ0v) is 8.56. The number of nitrogens with zero attached hydrogens (tertiary/aromatic N) is 4. The van der Waals surface area contributed by atoms with Gasteiger partial charge < -0.3 is 0 Å². The lowest BCUT2D eigenvalue weighted by Crippen LogP contribution is -1.82. The number of aromatic nitrogens is 2. The van der Waals surface area contributed by atoms with E-state index in [1.165, 1.54) is 0 Å². The van der Waals surface area contributed by atoms with E-state index in [0.717, 1.165) is 11.1 Å². The molecule has 2 aromatic rings. The maximum absolute atomic E-state index is 3.97. The summed E-state index contributed by atoms with van der Waals surface area (Å²) in [5.74, 6) is 0. The van der Waals surface area contributed by atoms with Crippen molar-refractivity contribution in [3.63, 3.8) is 0 Å². The molecule has 0 radical (unpaired) electrons. The molecule has 0 aromatic carbocycles. The molecule has 0 N–H and O–H groups in total. The molecule has 0 fully saturated rings. The van der Waals surface area contributed by atoms with Crippen molar-refractivity contribution in [2.75, 3.05) is 0 Å². The fraction of sp³-hybridized carbons (Fsp3) is 0. The second-order valence-electron chi connectivity index (χ2n) is 3.06. The summed E-state index contributed by atoms with van der Waals surface area (Å²) in [5.41, 5.74) is 1.84. The van der Waals surface area contributed by atoms with Crippen molar-refractivity contribution >= 4 is 12.4 Å². The summed E-state index contributed by atoms with van der Waals surface area (Å²) < 4.78 is 0. The minimum Gasteiger partial charge on any atom is -0.264 e. The smallest absolute Gasteiger partial charge is 0.0583 e. The highest BCUT2D eigenvalue weighted by Crippen LogP contribution is 1.92. The van der Waals surface area contributed by atoms with Crippen molar-refractivity contribution < 1.29 is 0 Å². The van der Waals surface area contributed by atoms with Gasteiger partial charge in [-0.05, 0) is 12.1 Å². The fourth-order valence-electron chi connectivity index (χ4n) is 1.10. The molecule has 0 aliphatic carbocycles. The molecule has 16 heavy (non-hydrogen) atoms. The average Bonchev–Trinajstić information content (AvgIpc) is 2.37. The molecule has 2 heterocycles. The second kappa shape index (κ2) is 5.50. The molecule has 0 spiro atoms. The molecular weight excluding hydrogens is 200 g/mol. The second-order valence-corrected chi connectivity index (χ2v) is 3.06. The number of pyridine rings is 2. The van der Waals surface area contributed by atoms with E-state index in [9.17, 15) is 0 Å². The quantitative estimate of drug-likeness (QED) is 0.574. The number of hydrogen-bond donors (Lipinski definition) is 0. The minimum atomic E-state index is 0.922. The Morgan fingerprint density at radius 1 is 0.812 bits per heavy atom. The van der Waals surface area contributed by atoms with Crippen LogP contribution in [0.15, 0.2) is 59.3 Å². The third kappa shape index (κ3) is 3.09. The summed E-state index contributed by atoms with van der Waals surface area (Å²) in [6, 6.07) is 7.53. The van der Waals surface area contributed by atoms with Gasteiger partial charge in [0, 0.05) is 35.9 Å². The van der Waals surface area contributed by atoms with Crippen molar-refractivity contribution in [1.29, 1.82) is 0 Å². The van der Waals surface area contributed by atoms with Crippen LogP contribution in [0, 0.1) is 0 Å². The monoisotopic (exact) mass is 210 g/mol. The van der Waals surface area contributed by atoms with Crippen molar-refractivity contribution in [2.24, 2.45) is 10.2 Å². The first kappa shape index (κ1) is 10.2. The number of rotatable bonds is 3. The Hall–Kier alpha value is -2.36. The van der Waals surface area contributed by atoms with E-state index in [4.69, 9.17) is 0 Å². The van der Waals surface area contributed by atoms with Gasteiger partial charge in [-0.1, -0.05) is 12.1 Å². The molecule has 78 valence electrons. The topological polar surface area (TPSA) is 50.5 Å². The van der Waals surface area contributed by atoms with Gasteiger partial charge in [0.05, 0.1) is 12.4 Å². The third-order valence-corrected chi connectivity index (χ3v) is 1.85. The SMILES string of the molecule is C(=N/N=C\c1cccnc1)c1cccnc1. The highest BCUT2D eigenvalue weighted by molar-refractivity contribution is 5.82. The zero-order valence-electron chi connectivity index (χ0n) is 8.56. The molecule has 0 aliphatic heterocycles. The standard InChI is InChI=1S/C12H10N4/c1-3-11(7-13-5-1)9-15-16-10-12-4-2-6-14-8-12/h1-10H/b15-9-,16-10?. The molecule has 4 heteroatoms. The molecule has 0 unspecified atom stereocenters. The van der Waals surface area contributed by atoms with Crippen LogP contribution in [0.1, 0.15) is 11.1 Å². The molecule has 0 saturated heterocycles. The molecule has 0 amide bonds. The molecule has 2 rings (SSSR count). The van der Waals surface area contributed by atoms with Crippen molar-refractivity contribution in [3.05, 3.63) is 60.2 Å². The van der Waals surface area contributed by atoms with E-state index < -0.39 is 0 Å². The molecule has 0 saturated carbocycles. The predicted molar refractivity (Wildman–Crippen MR) is 63.7 cm³/mol. The Labute approximate surface area is 93.4 Å². The van der Waals surface area contributed by atoms with Crippen molar-refractivity contribution in [3.8, 4) is 0 Å². The highest BCUT2D eigenvalue weighted by atomic mass is 15.2. The Balaban J connectivity index is 1.98. The number of hydrogen-bond acceptors (Lipinski definition) is 4.